The van der Waals surface area contributed by atoms with Crippen LogP contribution in [0, 0.1) is 0 Å². The molecule has 0 radical (unpaired) electrons. The molecule has 0 bridgehead atoms. The Labute approximate surface area is 112 Å². The fourth-order valence-electron chi connectivity index (χ4n) is 1.66. The summed E-state index contributed by atoms with van der Waals surface area (Å²) >= 11 is 0. The van der Waals surface area contributed by atoms with Gasteiger partial charge in [0.15, 0.2) is 0 Å². The van der Waals surface area contributed by atoms with Crippen molar-refractivity contribution in [3.8, 4) is 5.75 Å². The quantitative estimate of drug-likeness (QED) is 0.909. The summed E-state index contributed by atoms with van der Waals surface area (Å²) in [5.74, 6) is 0.604. The summed E-state index contributed by atoms with van der Waals surface area (Å²) in [5, 5.41) is 2.78. The van der Waals surface area contributed by atoms with E-state index < -0.39 is 0 Å². The van der Waals surface area contributed by atoms with Crippen LogP contribution in [-0.4, -0.2) is 13.0 Å². The molecule has 0 heterocycles. The van der Waals surface area contributed by atoms with Crippen molar-refractivity contribution >= 4 is 11.6 Å². The van der Waals surface area contributed by atoms with E-state index in [2.05, 4.69) is 11.9 Å². The molecular formula is C16H15NO2. The molecule has 3 nitrogen and oxygen atoms in total. The number of hydrogen-bond donors (Lipinski definition) is 1. The second kappa shape index (κ2) is 5.87. The standard InChI is InChI=1S/C16H15NO2/c1-12(13-8-10-15(19-2)11-9-13)17-16(18)14-6-4-3-5-7-14/h3-11H,1H2,2H3,(H,17,18). The van der Waals surface area contributed by atoms with Gasteiger partial charge in [-0.3, -0.25) is 4.79 Å². The minimum atomic E-state index is -0.165. The van der Waals surface area contributed by atoms with Gasteiger partial charge in [0.05, 0.1) is 7.11 Å². The fraction of sp³-hybridized carbons (Fsp3) is 0.0625. The van der Waals surface area contributed by atoms with Gasteiger partial charge in [-0.2, -0.15) is 0 Å². The van der Waals surface area contributed by atoms with Crippen molar-refractivity contribution in [2.45, 2.75) is 0 Å². The number of benzene rings is 2. The van der Waals surface area contributed by atoms with Crippen LogP contribution < -0.4 is 10.1 Å². The lowest BCUT2D eigenvalue weighted by molar-refractivity contribution is 0.0974. The number of methoxy groups -OCH3 is 1. The van der Waals surface area contributed by atoms with Crippen LogP contribution in [-0.2, 0) is 0 Å². The van der Waals surface area contributed by atoms with Gasteiger partial charge in [0.2, 0.25) is 0 Å². The van der Waals surface area contributed by atoms with E-state index in [9.17, 15) is 4.79 Å². The first-order valence-corrected chi connectivity index (χ1v) is 5.90. The normalized spacial score (nSPS) is 9.74. The second-order valence-corrected chi connectivity index (χ2v) is 4.03. The van der Waals surface area contributed by atoms with Gasteiger partial charge in [-0.25, -0.2) is 0 Å². The minimum Gasteiger partial charge on any atom is -0.497 e. The van der Waals surface area contributed by atoms with Crippen LogP contribution in [0.1, 0.15) is 15.9 Å². The lowest BCUT2D eigenvalue weighted by atomic mass is 10.1. The van der Waals surface area contributed by atoms with Gasteiger partial charge in [-0.1, -0.05) is 24.8 Å². The molecule has 0 saturated carbocycles. The lowest BCUT2D eigenvalue weighted by Gasteiger charge is -2.09. The molecule has 0 atom stereocenters. The molecule has 0 aliphatic heterocycles. The maximum Gasteiger partial charge on any atom is 0.255 e. The number of hydrogen-bond acceptors (Lipinski definition) is 2. The van der Waals surface area contributed by atoms with Crippen LogP contribution in [0.25, 0.3) is 5.70 Å². The molecule has 0 spiro atoms. The maximum atomic E-state index is 12.0. The molecule has 0 aromatic heterocycles. The van der Waals surface area contributed by atoms with E-state index in [-0.39, 0.29) is 5.91 Å². The van der Waals surface area contributed by atoms with Crippen LogP contribution in [0.3, 0.4) is 0 Å². The highest BCUT2D eigenvalue weighted by Crippen LogP contribution is 2.16. The molecular weight excluding hydrogens is 238 g/mol. The van der Waals surface area contributed by atoms with Gasteiger partial charge in [0.25, 0.3) is 5.91 Å². The number of rotatable bonds is 4. The van der Waals surface area contributed by atoms with Gasteiger partial charge in [-0.15, -0.1) is 0 Å². The smallest absolute Gasteiger partial charge is 0.255 e. The molecule has 0 aliphatic rings. The van der Waals surface area contributed by atoms with Crippen LogP contribution in [0.4, 0.5) is 0 Å². The summed E-state index contributed by atoms with van der Waals surface area (Å²) in [7, 11) is 1.61. The first kappa shape index (κ1) is 12.9. The molecule has 2 aromatic rings. The third-order valence-corrected chi connectivity index (χ3v) is 2.74. The van der Waals surface area contributed by atoms with Crippen molar-refractivity contribution in [1.29, 1.82) is 0 Å². The van der Waals surface area contributed by atoms with Crippen LogP contribution in [0.2, 0.25) is 0 Å². The van der Waals surface area contributed by atoms with E-state index in [1.165, 1.54) is 0 Å². The van der Waals surface area contributed by atoms with Gasteiger partial charge < -0.3 is 10.1 Å². The Bertz CT molecular complexity index is 573. The molecule has 19 heavy (non-hydrogen) atoms. The average molecular weight is 253 g/mol. The molecule has 1 N–H and O–H groups in total. The topological polar surface area (TPSA) is 38.3 Å². The first-order chi connectivity index (χ1) is 9.20. The Morgan fingerprint density at radius 3 is 2.21 bits per heavy atom. The molecule has 0 saturated heterocycles. The van der Waals surface area contributed by atoms with Gasteiger partial charge in [0, 0.05) is 11.3 Å². The summed E-state index contributed by atoms with van der Waals surface area (Å²) < 4.78 is 5.08. The fourth-order valence-corrected chi connectivity index (χ4v) is 1.66. The lowest BCUT2D eigenvalue weighted by Crippen LogP contribution is -2.21. The van der Waals surface area contributed by atoms with Crippen molar-refractivity contribution in [2.24, 2.45) is 0 Å². The number of ether oxygens (including phenoxy) is 1. The van der Waals surface area contributed by atoms with Gasteiger partial charge >= 0.3 is 0 Å². The summed E-state index contributed by atoms with van der Waals surface area (Å²) in [6.45, 7) is 3.87. The first-order valence-electron chi connectivity index (χ1n) is 5.90. The molecule has 0 unspecified atom stereocenters. The number of carbonyl (C=O) groups excluding carboxylic acids is 1. The summed E-state index contributed by atoms with van der Waals surface area (Å²) in [6, 6.07) is 16.4. The monoisotopic (exact) mass is 253 g/mol. The second-order valence-electron chi connectivity index (χ2n) is 4.03. The summed E-state index contributed by atoms with van der Waals surface area (Å²) in [6.07, 6.45) is 0. The zero-order chi connectivity index (χ0) is 13.7. The van der Waals surface area contributed by atoms with E-state index in [4.69, 9.17) is 4.74 Å². The number of amides is 1. The Morgan fingerprint density at radius 1 is 1.00 bits per heavy atom. The van der Waals surface area contributed by atoms with Gasteiger partial charge in [-0.05, 0) is 42.0 Å². The largest absolute Gasteiger partial charge is 0.497 e. The average Bonchev–Trinajstić information content (AvgIpc) is 2.48. The molecule has 1 amide bonds. The predicted octanol–water partition coefficient (Wildman–Crippen LogP) is 3.10. The Balaban J connectivity index is 2.06. The highest BCUT2D eigenvalue weighted by Gasteiger charge is 2.07. The third kappa shape index (κ3) is 3.22. The minimum absolute atomic E-state index is 0.165. The third-order valence-electron chi connectivity index (χ3n) is 2.74. The molecule has 96 valence electrons. The Morgan fingerprint density at radius 2 is 1.63 bits per heavy atom. The molecule has 2 rings (SSSR count). The van der Waals surface area contributed by atoms with Crippen molar-refractivity contribution in [2.75, 3.05) is 7.11 Å². The number of carbonyl (C=O) groups is 1. The van der Waals surface area contributed by atoms with Gasteiger partial charge in [0.1, 0.15) is 5.75 Å². The van der Waals surface area contributed by atoms with E-state index in [1.807, 2.05) is 42.5 Å². The highest BCUT2D eigenvalue weighted by molar-refractivity contribution is 5.99. The van der Waals surface area contributed by atoms with Crippen molar-refractivity contribution < 1.29 is 9.53 Å². The van der Waals surface area contributed by atoms with E-state index >= 15 is 0 Å². The molecule has 3 heteroatoms. The van der Waals surface area contributed by atoms with E-state index in [0.29, 0.717) is 11.3 Å². The Hall–Kier alpha value is -2.55. The van der Waals surface area contributed by atoms with Crippen molar-refractivity contribution in [1.82, 2.24) is 5.32 Å². The SMILES string of the molecule is C=C(NC(=O)c1ccccc1)c1ccc(OC)cc1. The predicted molar refractivity (Wildman–Crippen MR) is 75.9 cm³/mol. The summed E-state index contributed by atoms with van der Waals surface area (Å²) in [5.41, 5.74) is 2.03. The zero-order valence-corrected chi connectivity index (χ0v) is 10.7. The maximum absolute atomic E-state index is 12.0. The molecule has 0 aliphatic carbocycles. The van der Waals surface area contributed by atoms with Crippen molar-refractivity contribution in [3.63, 3.8) is 0 Å². The highest BCUT2D eigenvalue weighted by atomic mass is 16.5. The summed E-state index contributed by atoms with van der Waals surface area (Å²) in [4.78, 5) is 12.0. The Kier molecular flexibility index (Phi) is 3.98. The van der Waals surface area contributed by atoms with Crippen LogP contribution in [0.5, 0.6) is 5.75 Å². The van der Waals surface area contributed by atoms with Crippen LogP contribution in [0.15, 0.2) is 61.2 Å². The molecule has 2 aromatic carbocycles. The zero-order valence-electron chi connectivity index (χ0n) is 10.7. The van der Waals surface area contributed by atoms with E-state index in [1.54, 1.807) is 19.2 Å². The molecule has 0 fully saturated rings. The van der Waals surface area contributed by atoms with Crippen LogP contribution >= 0.6 is 0 Å². The number of nitrogens with one attached hydrogen (secondary N) is 1. The van der Waals surface area contributed by atoms with Crippen molar-refractivity contribution in [3.05, 3.63) is 72.3 Å². The van der Waals surface area contributed by atoms with E-state index in [0.717, 1.165) is 11.3 Å².